The van der Waals surface area contributed by atoms with E-state index in [9.17, 15) is 15.3 Å². The molecular formula is C16H18N4O5. The molecule has 1 saturated heterocycles. The topological polar surface area (TPSA) is 140 Å². The lowest BCUT2D eigenvalue weighted by atomic mass is 9.96. The second-order valence-electron chi connectivity index (χ2n) is 6.30. The summed E-state index contributed by atoms with van der Waals surface area (Å²) in [7, 11) is 0. The van der Waals surface area contributed by atoms with Crippen LogP contribution < -0.4 is 5.73 Å². The maximum absolute atomic E-state index is 10.7. The first-order chi connectivity index (χ1) is 11.9. The summed E-state index contributed by atoms with van der Waals surface area (Å²) in [6, 6.07) is 1.77. The van der Waals surface area contributed by atoms with Crippen LogP contribution in [0, 0.1) is 0 Å². The lowest BCUT2D eigenvalue weighted by molar-refractivity contribution is -0.0948. The quantitative estimate of drug-likeness (QED) is 0.530. The van der Waals surface area contributed by atoms with E-state index >= 15 is 0 Å². The van der Waals surface area contributed by atoms with E-state index in [0.717, 1.165) is 5.56 Å². The Hall–Kier alpha value is -2.46. The van der Waals surface area contributed by atoms with Crippen LogP contribution in [0.2, 0.25) is 0 Å². The Morgan fingerprint density at radius 1 is 1.40 bits per heavy atom. The van der Waals surface area contributed by atoms with Crippen molar-refractivity contribution >= 4 is 16.9 Å². The smallest absolute Gasteiger partial charge is 0.167 e. The molecular weight excluding hydrogens is 328 g/mol. The molecule has 1 aliphatic rings. The number of aromatic nitrogens is 3. The van der Waals surface area contributed by atoms with Gasteiger partial charge in [-0.25, -0.2) is 9.97 Å². The average molecular weight is 346 g/mol. The normalized spacial score (nSPS) is 29.5. The van der Waals surface area contributed by atoms with Gasteiger partial charge in [0.1, 0.15) is 35.6 Å². The molecule has 0 amide bonds. The second kappa shape index (κ2) is 5.53. The van der Waals surface area contributed by atoms with Gasteiger partial charge in [-0.15, -0.1) is 0 Å². The van der Waals surface area contributed by atoms with Crippen molar-refractivity contribution in [3.8, 4) is 11.1 Å². The number of fused-ring (bicyclic) bond motifs is 1. The first kappa shape index (κ1) is 16.0. The van der Waals surface area contributed by atoms with Gasteiger partial charge in [0, 0.05) is 17.3 Å². The van der Waals surface area contributed by atoms with Crippen LogP contribution in [0.4, 0.5) is 5.82 Å². The van der Waals surface area contributed by atoms with Crippen molar-refractivity contribution in [2.75, 3.05) is 12.3 Å². The van der Waals surface area contributed by atoms with E-state index in [1.54, 1.807) is 23.1 Å². The SMILES string of the molecule is C[C@@]1(O)C(O)[C@@H](CO)O[C@H]1n1cc(-c2ccoc2)c2c(N)ncnc21. The van der Waals surface area contributed by atoms with Crippen LogP contribution in [0.25, 0.3) is 22.2 Å². The molecule has 9 heteroatoms. The Kier molecular flexibility index (Phi) is 3.55. The van der Waals surface area contributed by atoms with Crippen LogP contribution in [0.5, 0.6) is 0 Å². The van der Waals surface area contributed by atoms with Crippen molar-refractivity contribution in [2.24, 2.45) is 0 Å². The molecule has 0 saturated carbocycles. The Morgan fingerprint density at radius 3 is 2.84 bits per heavy atom. The van der Waals surface area contributed by atoms with E-state index in [1.165, 1.54) is 19.5 Å². The summed E-state index contributed by atoms with van der Waals surface area (Å²) < 4.78 is 12.4. The molecule has 1 unspecified atom stereocenters. The predicted octanol–water partition coefficient (Wildman–Crippen LogP) is 0.275. The van der Waals surface area contributed by atoms with E-state index in [1.807, 2.05) is 0 Å². The van der Waals surface area contributed by atoms with Crippen LogP contribution in [0.15, 0.2) is 35.5 Å². The number of anilines is 1. The third kappa shape index (κ3) is 2.24. The van der Waals surface area contributed by atoms with Crippen LogP contribution in [-0.4, -0.2) is 54.3 Å². The highest BCUT2D eigenvalue weighted by Crippen LogP contribution is 2.42. The number of hydrogen-bond acceptors (Lipinski definition) is 8. The number of ether oxygens (including phenoxy) is 1. The number of hydrogen-bond donors (Lipinski definition) is 4. The maximum atomic E-state index is 10.7. The highest BCUT2D eigenvalue weighted by Gasteiger charge is 2.53. The molecule has 4 rings (SSSR count). The monoisotopic (exact) mass is 346 g/mol. The van der Waals surface area contributed by atoms with E-state index < -0.39 is 30.6 Å². The van der Waals surface area contributed by atoms with Gasteiger partial charge in [0.05, 0.1) is 24.5 Å². The zero-order valence-electron chi connectivity index (χ0n) is 13.4. The molecule has 5 N–H and O–H groups in total. The van der Waals surface area contributed by atoms with Gasteiger partial charge in [0.2, 0.25) is 0 Å². The summed E-state index contributed by atoms with van der Waals surface area (Å²) in [4.78, 5) is 8.29. The summed E-state index contributed by atoms with van der Waals surface area (Å²) in [5.41, 5.74) is 6.32. The summed E-state index contributed by atoms with van der Waals surface area (Å²) in [5, 5.41) is 31.0. The predicted molar refractivity (Wildman–Crippen MR) is 87.3 cm³/mol. The molecule has 0 spiro atoms. The van der Waals surface area contributed by atoms with Crippen LogP contribution >= 0.6 is 0 Å². The molecule has 25 heavy (non-hydrogen) atoms. The summed E-state index contributed by atoms with van der Waals surface area (Å²) in [5.74, 6) is 0.275. The van der Waals surface area contributed by atoms with Gasteiger partial charge in [-0.3, -0.25) is 0 Å². The van der Waals surface area contributed by atoms with E-state index in [-0.39, 0.29) is 5.82 Å². The van der Waals surface area contributed by atoms with E-state index in [4.69, 9.17) is 14.9 Å². The highest BCUT2D eigenvalue weighted by molar-refractivity contribution is 6.00. The van der Waals surface area contributed by atoms with Gasteiger partial charge in [-0.05, 0) is 13.0 Å². The van der Waals surface area contributed by atoms with Crippen LogP contribution in [0.1, 0.15) is 13.2 Å². The van der Waals surface area contributed by atoms with Gasteiger partial charge >= 0.3 is 0 Å². The Labute approximate surface area is 142 Å². The maximum Gasteiger partial charge on any atom is 0.167 e. The molecule has 0 aromatic carbocycles. The number of aliphatic hydroxyl groups is 3. The molecule has 4 atom stereocenters. The van der Waals surface area contributed by atoms with Crippen molar-refractivity contribution in [1.29, 1.82) is 0 Å². The van der Waals surface area contributed by atoms with Gasteiger partial charge in [0.25, 0.3) is 0 Å². The fourth-order valence-electron chi connectivity index (χ4n) is 3.31. The van der Waals surface area contributed by atoms with Gasteiger partial charge < -0.3 is 34.8 Å². The molecule has 1 fully saturated rings. The zero-order chi connectivity index (χ0) is 17.8. The van der Waals surface area contributed by atoms with Crippen LogP contribution in [-0.2, 0) is 4.74 Å². The number of furan rings is 1. The number of nitrogens with zero attached hydrogens (tertiary/aromatic N) is 3. The number of rotatable bonds is 3. The molecule has 3 aromatic heterocycles. The van der Waals surface area contributed by atoms with Crippen LogP contribution in [0.3, 0.4) is 0 Å². The minimum absolute atomic E-state index is 0.275. The average Bonchev–Trinajstić information content (AvgIpc) is 3.27. The van der Waals surface area contributed by atoms with Gasteiger partial charge in [0.15, 0.2) is 6.23 Å². The zero-order valence-corrected chi connectivity index (χ0v) is 13.4. The van der Waals surface area contributed by atoms with E-state index in [2.05, 4.69) is 9.97 Å². The molecule has 3 aromatic rings. The van der Waals surface area contributed by atoms with E-state index in [0.29, 0.717) is 16.6 Å². The minimum Gasteiger partial charge on any atom is -0.472 e. The molecule has 1 aliphatic heterocycles. The Bertz CT molecular complexity index is 905. The number of aliphatic hydroxyl groups excluding tert-OH is 2. The Morgan fingerprint density at radius 2 is 2.20 bits per heavy atom. The standard InChI is InChI=1S/C16H18N4O5/c1-16(23)12(22)10(5-21)25-15(16)20-4-9(8-2-3-24-6-8)11-13(17)18-7-19-14(11)20/h2-4,6-7,10,12,15,21-23H,5H2,1H3,(H2,17,18,19)/t10-,12?,15-,16-/m1/s1. The van der Waals surface area contributed by atoms with Gasteiger partial charge in [-0.1, -0.05) is 0 Å². The minimum atomic E-state index is -1.63. The first-order valence-corrected chi connectivity index (χ1v) is 7.75. The van der Waals surface area contributed by atoms with Crippen molar-refractivity contribution in [3.05, 3.63) is 31.1 Å². The number of nitrogen functional groups attached to an aromatic ring is 1. The highest BCUT2D eigenvalue weighted by atomic mass is 16.6. The molecule has 9 nitrogen and oxygen atoms in total. The lowest BCUT2D eigenvalue weighted by Gasteiger charge is -2.27. The Balaban J connectivity index is 1.93. The summed E-state index contributed by atoms with van der Waals surface area (Å²) >= 11 is 0. The lowest BCUT2D eigenvalue weighted by Crippen LogP contribution is -2.44. The summed E-state index contributed by atoms with van der Waals surface area (Å²) in [6.07, 6.45) is 3.00. The van der Waals surface area contributed by atoms with Crippen molar-refractivity contribution < 1.29 is 24.5 Å². The molecule has 132 valence electrons. The van der Waals surface area contributed by atoms with Crippen molar-refractivity contribution in [1.82, 2.24) is 14.5 Å². The molecule has 4 heterocycles. The summed E-state index contributed by atoms with van der Waals surface area (Å²) in [6.45, 7) is 1.03. The van der Waals surface area contributed by atoms with Gasteiger partial charge in [-0.2, -0.15) is 0 Å². The molecule has 0 radical (unpaired) electrons. The van der Waals surface area contributed by atoms with Crippen molar-refractivity contribution in [2.45, 2.75) is 31.0 Å². The first-order valence-electron chi connectivity index (χ1n) is 7.75. The molecule has 0 bridgehead atoms. The van der Waals surface area contributed by atoms with Crippen molar-refractivity contribution in [3.63, 3.8) is 0 Å². The second-order valence-corrected chi connectivity index (χ2v) is 6.30. The largest absolute Gasteiger partial charge is 0.472 e. The third-order valence-corrected chi connectivity index (χ3v) is 4.66. The fourth-order valence-corrected chi connectivity index (χ4v) is 3.31. The third-order valence-electron chi connectivity index (χ3n) is 4.66. The molecule has 0 aliphatic carbocycles. The fraction of sp³-hybridized carbons (Fsp3) is 0.375. The number of nitrogens with two attached hydrogens (primary N) is 1.